The van der Waals surface area contributed by atoms with Crippen LogP contribution in [-0.4, -0.2) is 71.2 Å². The van der Waals surface area contributed by atoms with Crippen molar-refractivity contribution in [1.29, 1.82) is 0 Å². The van der Waals surface area contributed by atoms with Crippen molar-refractivity contribution in [3.63, 3.8) is 0 Å². The first-order chi connectivity index (χ1) is 13.9. The second-order valence-corrected chi connectivity index (χ2v) is 7.77. The molecule has 0 spiro atoms. The van der Waals surface area contributed by atoms with E-state index in [1.807, 2.05) is 36.2 Å². The summed E-state index contributed by atoms with van der Waals surface area (Å²) in [6, 6.07) is 7.37. The van der Waals surface area contributed by atoms with Gasteiger partial charge in [0.15, 0.2) is 0 Å². The fourth-order valence-corrected chi connectivity index (χ4v) is 3.45. The Morgan fingerprint density at radius 3 is 2.69 bits per heavy atom. The van der Waals surface area contributed by atoms with E-state index in [4.69, 9.17) is 11.6 Å². The number of aromatic nitrogens is 2. The molecule has 8 nitrogen and oxygen atoms in total. The molecule has 2 heterocycles. The molecular formula is C20H26ClN5O3. The fraction of sp³-hybridized carbons (Fsp3) is 0.500. The van der Waals surface area contributed by atoms with Crippen LogP contribution >= 0.6 is 11.6 Å². The average molecular weight is 420 g/mol. The zero-order valence-corrected chi connectivity index (χ0v) is 17.5. The van der Waals surface area contributed by atoms with Gasteiger partial charge >= 0.3 is 0 Å². The van der Waals surface area contributed by atoms with Crippen LogP contribution in [0.3, 0.4) is 0 Å². The lowest BCUT2D eigenvalue weighted by Gasteiger charge is -2.38. The van der Waals surface area contributed by atoms with E-state index >= 15 is 0 Å². The second kappa shape index (κ2) is 9.84. The Hall–Kier alpha value is -2.45. The maximum absolute atomic E-state index is 12.7. The molecule has 156 valence electrons. The Balaban J connectivity index is 1.46. The van der Waals surface area contributed by atoms with Crippen molar-refractivity contribution in [3.05, 3.63) is 46.2 Å². The van der Waals surface area contributed by atoms with Crippen molar-refractivity contribution in [3.8, 4) is 0 Å². The molecule has 1 aromatic heterocycles. The number of nitrogens with one attached hydrogen (secondary N) is 1. The molecule has 2 aromatic rings. The zero-order valence-electron chi connectivity index (χ0n) is 16.7. The van der Waals surface area contributed by atoms with Gasteiger partial charge in [0.1, 0.15) is 17.4 Å². The number of hydrogen-bond acceptors (Lipinski definition) is 6. The molecule has 0 unspecified atom stereocenters. The van der Waals surface area contributed by atoms with Gasteiger partial charge in [0.25, 0.3) is 0 Å². The second-order valence-electron chi connectivity index (χ2n) is 7.33. The Kier molecular flexibility index (Phi) is 7.22. The third kappa shape index (κ3) is 5.77. The number of benzene rings is 1. The highest BCUT2D eigenvalue weighted by atomic mass is 35.5. The first kappa shape index (κ1) is 21.3. The Morgan fingerprint density at radius 1 is 1.24 bits per heavy atom. The van der Waals surface area contributed by atoms with E-state index in [2.05, 4.69) is 20.3 Å². The molecule has 1 aliphatic heterocycles. The average Bonchev–Trinajstić information content (AvgIpc) is 3.11. The molecule has 2 amide bonds. The molecule has 0 radical (unpaired) electrons. The van der Waals surface area contributed by atoms with E-state index in [1.165, 1.54) is 5.56 Å². The smallest absolute Gasteiger partial charge is 0.239 e. The standard InChI is InChI=1S/C20H26ClN5O3/c1-14-17(24-29-23-14)12-19(27)26-11-10-25(2)18(13-26)20(28)22-9-3-4-15-5-7-16(21)8-6-15/h5-8,18H,3-4,9-13H2,1-2H3,(H,22,28)/t18-/m1/s1. The summed E-state index contributed by atoms with van der Waals surface area (Å²) in [5.74, 6) is -0.127. The first-order valence-electron chi connectivity index (χ1n) is 9.72. The number of hydrogen-bond donors (Lipinski definition) is 1. The summed E-state index contributed by atoms with van der Waals surface area (Å²) in [6.45, 7) is 3.93. The predicted octanol–water partition coefficient (Wildman–Crippen LogP) is 1.47. The number of rotatable bonds is 7. The predicted molar refractivity (Wildman–Crippen MR) is 109 cm³/mol. The van der Waals surface area contributed by atoms with E-state index in [1.54, 1.807) is 11.8 Å². The minimum atomic E-state index is -0.361. The normalized spacial score (nSPS) is 17.3. The molecule has 0 bridgehead atoms. The van der Waals surface area contributed by atoms with Crippen LogP contribution < -0.4 is 5.32 Å². The third-order valence-electron chi connectivity index (χ3n) is 5.22. The van der Waals surface area contributed by atoms with Gasteiger partial charge in [0, 0.05) is 31.2 Å². The van der Waals surface area contributed by atoms with Crippen LogP contribution in [0.25, 0.3) is 0 Å². The highest BCUT2D eigenvalue weighted by molar-refractivity contribution is 6.30. The zero-order chi connectivity index (χ0) is 20.8. The number of amides is 2. The Bertz CT molecular complexity index is 839. The van der Waals surface area contributed by atoms with Crippen molar-refractivity contribution < 1.29 is 14.2 Å². The lowest BCUT2D eigenvalue weighted by molar-refractivity contribution is -0.137. The van der Waals surface area contributed by atoms with Crippen LogP contribution in [-0.2, 0) is 22.4 Å². The fourth-order valence-electron chi connectivity index (χ4n) is 3.32. The number of carbonyl (C=O) groups is 2. The topological polar surface area (TPSA) is 91.6 Å². The van der Waals surface area contributed by atoms with Crippen LogP contribution in [0, 0.1) is 6.92 Å². The first-order valence-corrected chi connectivity index (χ1v) is 10.1. The molecular weight excluding hydrogens is 394 g/mol. The molecule has 1 aromatic carbocycles. The highest BCUT2D eigenvalue weighted by Crippen LogP contribution is 2.12. The van der Waals surface area contributed by atoms with Gasteiger partial charge in [-0.15, -0.1) is 0 Å². The van der Waals surface area contributed by atoms with Gasteiger partial charge in [-0.3, -0.25) is 14.5 Å². The monoisotopic (exact) mass is 419 g/mol. The molecule has 1 atom stereocenters. The van der Waals surface area contributed by atoms with E-state index < -0.39 is 0 Å². The largest absolute Gasteiger partial charge is 0.355 e. The molecule has 1 N–H and O–H groups in total. The molecule has 9 heteroatoms. The van der Waals surface area contributed by atoms with E-state index in [9.17, 15) is 9.59 Å². The van der Waals surface area contributed by atoms with Crippen molar-refractivity contribution in [2.45, 2.75) is 32.2 Å². The summed E-state index contributed by atoms with van der Waals surface area (Å²) in [5.41, 5.74) is 2.34. The van der Waals surface area contributed by atoms with E-state index in [-0.39, 0.29) is 24.3 Å². The van der Waals surface area contributed by atoms with Crippen LogP contribution in [0.4, 0.5) is 0 Å². The molecule has 1 aliphatic rings. The van der Waals surface area contributed by atoms with Gasteiger partial charge in [0.2, 0.25) is 11.8 Å². The lowest BCUT2D eigenvalue weighted by atomic mass is 10.1. The quantitative estimate of drug-likeness (QED) is 0.683. The van der Waals surface area contributed by atoms with Gasteiger partial charge in [-0.25, -0.2) is 4.63 Å². The summed E-state index contributed by atoms with van der Waals surface area (Å²) in [5, 5.41) is 11.2. The Morgan fingerprint density at radius 2 is 2.00 bits per heavy atom. The van der Waals surface area contributed by atoms with Crippen molar-refractivity contribution in [2.75, 3.05) is 33.2 Å². The lowest BCUT2D eigenvalue weighted by Crippen LogP contribution is -2.59. The summed E-state index contributed by atoms with van der Waals surface area (Å²) >= 11 is 5.89. The SMILES string of the molecule is Cc1nonc1CC(=O)N1CCN(C)[C@@H](C(=O)NCCCc2ccc(Cl)cc2)C1. The van der Waals surface area contributed by atoms with Crippen LogP contribution in [0.5, 0.6) is 0 Å². The van der Waals surface area contributed by atoms with Gasteiger partial charge in [-0.2, -0.15) is 0 Å². The van der Waals surface area contributed by atoms with Gasteiger partial charge in [-0.05, 0) is 44.5 Å². The number of piperazine rings is 1. The summed E-state index contributed by atoms with van der Waals surface area (Å²) in [4.78, 5) is 29.0. The van der Waals surface area contributed by atoms with Crippen LogP contribution in [0.2, 0.25) is 5.02 Å². The van der Waals surface area contributed by atoms with Crippen LogP contribution in [0.15, 0.2) is 28.9 Å². The van der Waals surface area contributed by atoms with E-state index in [0.29, 0.717) is 37.6 Å². The minimum Gasteiger partial charge on any atom is -0.355 e. The molecule has 29 heavy (non-hydrogen) atoms. The minimum absolute atomic E-state index is 0.0552. The number of likely N-dealkylation sites (N-methyl/N-ethyl adjacent to an activating group) is 1. The van der Waals surface area contributed by atoms with E-state index in [0.717, 1.165) is 17.9 Å². The molecule has 0 aliphatic carbocycles. The van der Waals surface area contributed by atoms with Crippen molar-refractivity contribution in [1.82, 2.24) is 25.4 Å². The van der Waals surface area contributed by atoms with Gasteiger partial charge in [-0.1, -0.05) is 34.0 Å². The van der Waals surface area contributed by atoms with Crippen molar-refractivity contribution >= 4 is 23.4 Å². The van der Waals surface area contributed by atoms with Crippen LogP contribution in [0.1, 0.15) is 23.4 Å². The molecule has 0 saturated carbocycles. The van der Waals surface area contributed by atoms with Gasteiger partial charge < -0.3 is 10.2 Å². The Labute approximate surface area is 175 Å². The summed E-state index contributed by atoms with van der Waals surface area (Å²) in [6.07, 6.45) is 1.84. The van der Waals surface area contributed by atoms with Gasteiger partial charge in [0.05, 0.1) is 6.42 Å². The molecule has 3 rings (SSSR count). The maximum Gasteiger partial charge on any atom is 0.239 e. The molecule has 1 fully saturated rings. The number of carbonyl (C=O) groups excluding carboxylic acids is 2. The number of nitrogens with zero attached hydrogens (tertiary/aromatic N) is 4. The maximum atomic E-state index is 12.7. The highest BCUT2D eigenvalue weighted by Gasteiger charge is 2.32. The number of halogens is 1. The summed E-state index contributed by atoms with van der Waals surface area (Å²) in [7, 11) is 1.91. The molecule has 1 saturated heterocycles. The number of aryl methyl sites for hydroxylation is 2. The third-order valence-corrected chi connectivity index (χ3v) is 5.48. The summed E-state index contributed by atoms with van der Waals surface area (Å²) < 4.78 is 4.65. The van der Waals surface area contributed by atoms with Crippen molar-refractivity contribution in [2.24, 2.45) is 0 Å².